The van der Waals surface area contributed by atoms with Gasteiger partial charge < -0.3 is 28.8 Å². The fourth-order valence-electron chi connectivity index (χ4n) is 2.61. The minimum Gasteiger partial charge on any atom is -0.493 e. The molecule has 0 saturated carbocycles. The summed E-state index contributed by atoms with van der Waals surface area (Å²) in [5, 5.41) is 9.01. The van der Waals surface area contributed by atoms with E-state index in [1.54, 1.807) is 0 Å². The van der Waals surface area contributed by atoms with Crippen LogP contribution in [0, 0.1) is 0 Å². The van der Waals surface area contributed by atoms with E-state index in [1.165, 1.54) is 7.11 Å². The second kappa shape index (κ2) is 9.14. The Morgan fingerprint density at radius 2 is 1.70 bits per heavy atom. The molecule has 0 bridgehead atoms. The first-order valence-electron chi connectivity index (χ1n) is 8.65. The Morgan fingerprint density at radius 3 is 2.41 bits per heavy atom. The highest BCUT2D eigenvalue weighted by Gasteiger charge is 2.16. The van der Waals surface area contributed by atoms with Crippen LogP contribution in [0.25, 0.3) is 0 Å². The smallest absolute Gasteiger partial charge is 0.333 e. The second-order valence-corrected chi connectivity index (χ2v) is 5.98. The van der Waals surface area contributed by atoms with Crippen molar-refractivity contribution in [3.63, 3.8) is 0 Å². The Bertz CT molecular complexity index is 757. The van der Waals surface area contributed by atoms with E-state index in [4.69, 9.17) is 28.8 Å². The van der Waals surface area contributed by atoms with Gasteiger partial charge in [-0.2, -0.15) is 0 Å². The zero-order valence-electron chi connectivity index (χ0n) is 15.1. The Labute approximate surface area is 157 Å². The predicted octanol–water partition coefficient (Wildman–Crippen LogP) is 2.91. The van der Waals surface area contributed by atoms with Gasteiger partial charge in [-0.05, 0) is 29.8 Å². The van der Waals surface area contributed by atoms with Gasteiger partial charge in [0, 0.05) is 26.0 Å². The molecular weight excluding hydrogens is 352 g/mol. The van der Waals surface area contributed by atoms with E-state index in [1.807, 2.05) is 42.5 Å². The molecule has 27 heavy (non-hydrogen) atoms. The molecule has 3 rings (SSSR count). The number of carboxylic acid groups (broad SMARTS) is 1. The topological polar surface area (TPSA) is 83.5 Å². The standard InChI is InChI=1S/C20H22O7/c1-23-19(20(21)22)11-14-3-5-15(6-4-14)24-9-2-10-25-16-7-8-17-18(12-16)27-13-26-17/h3-8,12,19H,2,9-11,13H2,1H3,(H,21,22)/t19-/m0/s1. The highest BCUT2D eigenvalue weighted by molar-refractivity contribution is 5.72. The van der Waals surface area contributed by atoms with Crippen molar-refractivity contribution < 1.29 is 33.6 Å². The molecule has 1 aliphatic heterocycles. The van der Waals surface area contributed by atoms with Crippen molar-refractivity contribution >= 4 is 5.97 Å². The van der Waals surface area contributed by atoms with Crippen molar-refractivity contribution in [1.82, 2.24) is 0 Å². The van der Waals surface area contributed by atoms with Crippen LogP contribution in [0.2, 0.25) is 0 Å². The molecule has 0 fully saturated rings. The lowest BCUT2D eigenvalue weighted by Crippen LogP contribution is -2.24. The maximum atomic E-state index is 11.0. The average molecular weight is 374 g/mol. The number of aliphatic carboxylic acids is 1. The van der Waals surface area contributed by atoms with Crippen molar-refractivity contribution in [3.05, 3.63) is 48.0 Å². The summed E-state index contributed by atoms with van der Waals surface area (Å²) in [5.74, 6) is 1.91. The van der Waals surface area contributed by atoms with Crippen molar-refractivity contribution in [2.45, 2.75) is 18.9 Å². The number of ether oxygens (including phenoxy) is 5. The molecule has 0 unspecified atom stereocenters. The zero-order chi connectivity index (χ0) is 19.1. The lowest BCUT2D eigenvalue weighted by Gasteiger charge is -2.11. The molecule has 7 nitrogen and oxygen atoms in total. The molecule has 0 aliphatic carbocycles. The number of hydrogen-bond donors (Lipinski definition) is 1. The number of methoxy groups -OCH3 is 1. The summed E-state index contributed by atoms with van der Waals surface area (Å²) >= 11 is 0. The van der Waals surface area contributed by atoms with Crippen LogP contribution >= 0.6 is 0 Å². The van der Waals surface area contributed by atoms with Crippen molar-refractivity contribution in [2.75, 3.05) is 27.1 Å². The normalized spacial score (nSPS) is 13.2. The molecule has 2 aromatic rings. The monoisotopic (exact) mass is 374 g/mol. The van der Waals surface area contributed by atoms with Gasteiger partial charge in [0.25, 0.3) is 0 Å². The number of benzene rings is 2. The number of rotatable bonds is 10. The second-order valence-electron chi connectivity index (χ2n) is 5.98. The van der Waals surface area contributed by atoms with Crippen LogP contribution in [-0.2, 0) is 16.0 Å². The van der Waals surface area contributed by atoms with E-state index in [-0.39, 0.29) is 6.79 Å². The molecule has 1 aliphatic rings. The van der Waals surface area contributed by atoms with Crippen molar-refractivity contribution in [2.24, 2.45) is 0 Å². The van der Waals surface area contributed by atoms with Crippen LogP contribution < -0.4 is 18.9 Å². The third-order valence-electron chi connectivity index (χ3n) is 4.07. The van der Waals surface area contributed by atoms with Crippen molar-refractivity contribution in [1.29, 1.82) is 0 Å². The van der Waals surface area contributed by atoms with Crippen LogP contribution in [0.3, 0.4) is 0 Å². The first kappa shape index (κ1) is 18.8. The SMILES string of the molecule is CO[C@@H](Cc1ccc(OCCCOc2ccc3c(c2)OCO3)cc1)C(=O)O. The third-order valence-corrected chi connectivity index (χ3v) is 4.07. The average Bonchev–Trinajstić information content (AvgIpc) is 3.14. The molecule has 7 heteroatoms. The van der Waals surface area contributed by atoms with Gasteiger partial charge in [-0.25, -0.2) is 4.79 Å². The summed E-state index contributed by atoms with van der Waals surface area (Å²) in [7, 11) is 1.39. The number of carbonyl (C=O) groups is 1. The first-order chi connectivity index (χ1) is 13.2. The summed E-state index contributed by atoms with van der Waals surface area (Å²) in [6.07, 6.45) is 0.196. The van der Waals surface area contributed by atoms with Crippen LogP contribution in [0.5, 0.6) is 23.0 Å². The maximum Gasteiger partial charge on any atom is 0.333 e. The minimum atomic E-state index is -0.972. The molecule has 1 heterocycles. The Balaban J connectivity index is 1.37. The van der Waals surface area contributed by atoms with E-state index in [2.05, 4.69) is 0 Å². The van der Waals surface area contributed by atoms with Gasteiger partial charge in [0.1, 0.15) is 11.5 Å². The largest absolute Gasteiger partial charge is 0.493 e. The van der Waals surface area contributed by atoms with E-state index in [9.17, 15) is 4.79 Å². The molecule has 144 valence electrons. The fraction of sp³-hybridized carbons (Fsp3) is 0.350. The summed E-state index contributed by atoms with van der Waals surface area (Å²) in [5.41, 5.74) is 0.878. The molecular formula is C20H22O7. The molecule has 1 atom stereocenters. The molecule has 2 aromatic carbocycles. The number of fused-ring (bicyclic) bond motifs is 1. The van der Waals surface area contributed by atoms with Crippen LogP contribution in [-0.4, -0.2) is 44.3 Å². The Morgan fingerprint density at radius 1 is 1.04 bits per heavy atom. The van der Waals surface area contributed by atoms with Gasteiger partial charge in [-0.1, -0.05) is 12.1 Å². The van der Waals surface area contributed by atoms with E-state index < -0.39 is 12.1 Å². The molecule has 0 aromatic heterocycles. The summed E-state index contributed by atoms with van der Waals surface area (Å²) in [6, 6.07) is 12.8. The molecule has 1 N–H and O–H groups in total. The Kier molecular flexibility index (Phi) is 6.38. The highest BCUT2D eigenvalue weighted by atomic mass is 16.7. The first-order valence-corrected chi connectivity index (χ1v) is 8.65. The maximum absolute atomic E-state index is 11.0. The zero-order valence-corrected chi connectivity index (χ0v) is 15.1. The predicted molar refractivity (Wildman–Crippen MR) is 96.8 cm³/mol. The fourth-order valence-corrected chi connectivity index (χ4v) is 2.61. The lowest BCUT2D eigenvalue weighted by molar-refractivity contribution is -0.148. The Hall–Kier alpha value is -2.93. The third kappa shape index (κ3) is 5.27. The van der Waals surface area contributed by atoms with Gasteiger partial charge in [0.05, 0.1) is 13.2 Å². The van der Waals surface area contributed by atoms with E-state index in [0.29, 0.717) is 25.4 Å². The van der Waals surface area contributed by atoms with E-state index in [0.717, 1.165) is 29.2 Å². The molecule has 0 radical (unpaired) electrons. The van der Waals surface area contributed by atoms with Crippen LogP contribution in [0.4, 0.5) is 0 Å². The van der Waals surface area contributed by atoms with Crippen molar-refractivity contribution in [3.8, 4) is 23.0 Å². The quantitative estimate of drug-likeness (QED) is 0.640. The minimum absolute atomic E-state index is 0.244. The number of carboxylic acids is 1. The van der Waals surface area contributed by atoms with Gasteiger partial charge in [0.15, 0.2) is 17.6 Å². The van der Waals surface area contributed by atoms with Crippen LogP contribution in [0.15, 0.2) is 42.5 Å². The van der Waals surface area contributed by atoms with Crippen LogP contribution in [0.1, 0.15) is 12.0 Å². The van der Waals surface area contributed by atoms with E-state index >= 15 is 0 Å². The van der Waals surface area contributed by atoms with Gasteiger partial charge in [-0.3, -0.25) is 0 Å². The number of hydrogen-bond acceptors (Lipinski definition) is 6. The summed E-state index contributed by atoms with van der Waals surface area (Å²) < 4.78 is 26.9. The molecule has 0 spiro atoms. The summed E-state index contributed by atoms with van der Waals surface area (Å²) in [6.45, 7) is 1.28. The summed E-state index contributed by atoms with van der Waals surface area (Å²) in [4.78, 5) is 11.0. The molecule has 0 amide bonds. The molecule has 0 saturated heterocycles. The van der Waals surface area contributed by atoms with Gasteiger partial charge >= 0.3 is 5.97 Å². The van der Waals surface area contributed by atoms with Gasteiger partial charge in [0.2, 0.25) is 6.79 Å². The lowest BCUT2D eigenvalue weighted by atomic mass is 10.1. The van der Waals surface area contributed by atoms with Gasteiger partial charge in [-0.15, -0.1) is 0 Å². The highest BCUT2D eigenvalue weighted by Crippen LogP contribution is 2.35.